The van der Waals surface area contributed by atoms with Gasteiger partial charge in [0.25, 0.3) is 0 Å². The Bertz CT molecular complexity index is 110. The predicted molar refractivity (Wildman–Crippen MR) is 55.5 cm³/mol. The summed E-state index contributed by atoms with van der Waals surface area (Å²) in [4.78, 5) is 0. The Kier molecular flexibility index (Phi) is 7.47. The first-order valence-electron chi connectivity index (χ1n) is 3.77. The molecule has 1 saturated heterocycles. The summed E-state index contributed by atoms with van der Waals surface area (Å²) >= 11 is 0. The highest BCUT2D eigenvalue weighted by Gasteiger charge is 2.27. The highest BCUT2D eigenvalue weighted by molar-refractivity contribution is 5.85. The third-order valence-corrected chi connectivity index (χ3v) is 1.89. The maximum Gasteiger partial charge on any atom is 0.0756 e. The van der Waals surface area contributed by atoms with Crippen molar-refractivity contribution in [3.63, 3.8) is 0 Å². The molecule has 0 radical (unpaired) electrons. The van der Waals surface area contributed by atoms with Crippen LogP contribution < -0.4 is 10.6 Å². The van der Waals surface area contributed by atoms with E-state index in [9.17, 15) is 5.11 Å². The summed E-state index contributed by atoms with van der Waals surface area (Å²) in [5, 5.41) is 16.0. The minimum Gasteiger partial charge on any atom is -0.389 e. The molecule has 3 N–H and O–H groups in total. The van der Waals surface area contributed by atoms with Gasteiger partial charge in [0.05, 0.1) is 5.60 Å². The van der Waals surface area contributed by atoms with Crippen LogP contribution in [0.3, 0.4) is 0 Å². The molecule has 0 spiro atoms. The molecular formula is C7H18Cl2N2O. The maximum absolute atomic E-state index is 9.54. The Morgan fingerprint density at radius 3 is 2.08 bits per heavy atom. The number of hydrogen-bond acceptors (Lipinski definition) is 3. The SMILES string of the molecule is CC(C)(O)[C@H]1CNCCN1.Cl.Cl. The van der Waals surface area contributed by atoms with Gasteiger partial charge in [-0.15, -0.1) is 24.8 Å². The molecule has 76 valence electrons. The van der Waals surface area contributed by atoms with Crippen molar-refractivity contribution in [2.45, 2.75) is 25.5 Å². The summed E-state index contributed by atoms with van der Waals surface area (Å²) in [7, 11) is 0. The van der Waals surface area contributed by atoms with Crippen LogP contribution in [0.2, 0.25) is 0 Å². The monoisotopic (exact) mass is 216 g/mol. The molecule has 0 amide bonds. The number of aliphatic hydroxyl groups is 1. The van der Waals surface area contributed by atoms with Gasteiger partial charge in [-0.25, -0.2) is 0 Å². The maximum atomic E-state index is 9.54. The van der Waals surface area contributed by atoms with E-state index in [1.54, 1.807) is 0 Å². The summed E-state index contributed by atoms with van der Waals surface area (Å²) in [5.41, 5.74) is -0.604. The van der Waals surface area contributed by atoms with Crippen molar-refractivity contribution in [2.24, 2.45) is 0 Å². The third-order valence-electron chi connectivity index (χ3n) is 1.89. The molecule has 3 nitrogen and oxygen atoms in total. The predicted octanol–water partition coefficient (Wildman–Crippen LogP) is 0.162. The van der Waals surface area contributed by atoms with E-state index in [2.05, 4.69) is 10.6 Å². The largest absolute Gasteiger partial charge is 0.389 e. The second kappa shape index (κ2) is 6.00. The van der Waals surface area contributed by atoms with Gasteiger partial charge in [0.15, 0.2) is 0 Å². The van der Waals surface area contributed by atoms with E-state index in [1.807, 2.05) is 13.8 Å². The molecule has 1 aliphatic rings. The third kappa shape index (κ3) is 4.48. The molecule has 0 aromatic carbocycles. The molecule has 0 aromatic heterocycles. The lowest BCUT2D eigenvalue weighted by Crippen LogP contribution is -2.57. The quantitative estimate of drug-likeness (QED) is 0.586. The van der Waals surface area contributed by atoms with Crippen LogP contribution in [0.1, 0.15) is 13.8 Å². The van der Waals surface area contributed by atoms with Crippen LogP contribution in [0.4, 0.5) is 0 Å². The Morgan fingerprint density at radius 2 is 1.83 bits per heavy atom. The lowest BCUT2D eigenvalue weighted by Gasteiger charge is -2.33. The minimum atomic E-state index is -0.604. The lowest BCUT2D eigenvalue weighted by atomic mass is 9.98. The van der Waals surface area contributed by atoms with Crippen molar-refractivity contribution in [1.29, 1.82) is 0 Å². The van der Waals surface area contributed by atoms with Crippen LogP contribution in [-0.4, -0.2) is 36.4 Å². The highest BCUT2D eigenvalue weighted by Crippen LogP contribution is 2.08. The average Bonchev–Trinajstić information content (AvgIpc) is 1.88. The molecule has 1 heterocycles. The fraction of sp³-hybridized carbons (Fsp3) is 1.00. The van der Waals surface area contributed by atoms with Crippen molar-refractivity contribution in [1.82, 2.24) is 10.6 Å². The first-order valence-corrected chi connectivity index (χ1v) is 3.77. The zero-order chi connectivity index (χ0) is 7.61. The number of piperazine rings is 1. The lowest BCUT2D eigenvalue weighted by molar-refractivity contribution is 0.0328. The van der Waals surface area contributed by atoms with Crippen LogP contribution in [0.25, 0.3) is 0 Å². The van der Waals surface area contributed by atoms with Gasteiger partial charge < -0.3 is 15.7 Å². The summed E-state index contributed by atoms with van der Waals surface area (Å²) in [6, 6.07) is 0.196. The Balaban J connectivity index is 0. The van der Waals surface area contributed by atoms with Crippen molar-refractivity contribution in [3.8, 4) is 0 Å². The molecule has 12 heavy (non-hydrogen) atoms. The first kappa shape index (κ1) is 15.0. The Labute approximate surface area is 86.1 Å². The zero-order valence-corrected chi connectivity index (χ0v) is 9.10. The van der Waals surface area contributed by atoms with E-state index < -0.39 is 5.60 Å². The van der Waals surface area contributed by atoms with Crippen molar-refractivity contribution in [2.75, 3.05) is 19.6 Å². The fourth-order valence-electron chi connectivity index (χ4n) is 1.15. The Hall–Kier alpha value is 0.460. The summed E-state index contributed by atoms with van der Waals surface area (Å²) in [6.45, 7) is 6.49. The van der Waals surface area contributed by atoms with E-state index in [1.165, 1.54) is 0 Å². The molecule has 0 bridgehead atoms. The molecule has 0 saturated carbocycles. The van der Waals surface area contributed by atoms with Gasteiger partial charge in [0.2, 0.25) is 0 Å². The summed E-state index contributed by atoms with van der Waals surface area (Å²) in [5.74, 6) is 0. The van der Waals surface area contributed by atoms with E-state index in [0.29, 0.717) is 0 Å². The van der Waals surface area contributed by atoms with Gasteiger partial charge in [0, 0.05) is 25.7 Å². The molecule has 5 heteroatoms. The Morgan fingerprint density at radius 1 is 1.25 bits per heavy atom. The molecule has 1 aliphatic heterocycles. The smallest absolute Gasteiger partial charge is 0.0756 e. The molecule has 0 aromatic rings. The van der Waals surface area contributed by atoms with E-state index in [4.69, 9.17) is 0 Å². The van der Waals surface area contributed by atoms with Gasteiger partial charge in [-0.05, 0) is 13.8 Å². The molecule has 1 fully saturated rings. The normalized spacial score (nSPS) is 23.8. The van der Waals surface area contributed by atoms with E-state index >= 15 is 0 Å². The number of halogens is 2. The van der Waals surface area contributed by atoms with Crippen LogP contribution in [0.15, 0.2) is 0 Å². The van der Waals surface area contributed by atoms with Crippen LogP contribution >= 0.6 is 24.8 Å². The standard InChI is InChI=1S/C7H16N2O.2ClH/c1-7(2,10)6-5-8-3-4-9-6;;/h6,8-10H,3-5H2,1-2H3;2*1H/t6-;;/m1../s1. The van der Waals surface area contributed by atoms with Crippen LogP contribution in [0, 0.1) is 0 Å². The second-order valence-corrected chi connectivity index (χ2v) is 3.36. The van der Waals surface area contributed by atoms with Crippen molar-refractivity contribution in [3.05, 3.63) is 0 Å². The van der Waals surface area contributed by atoms with E-state index in [0.717, 1.165) is 19.6 Å². The van der Waals surface area contributed by atoms with Crippen LogP contribution in [-0.2, 0) is 0 Å². The van der Waals surface area contributed by atoms with Gasteiger partial charge in [0.1, 0.15) is 0 Å². The van der Waals surface area contributed by atoms with Gasteiger partial charge in [-0.2, -0.15) is 0 Å². The topological polar surface area (TPSA) is 44.3 Å². The van der Waals surface area contributed by atoms with Gasteiger partial charge >= 0.3 is 0 Å². The highest BCUT2D eigenvalue weighted by atomic mass is 35.5. The number of rotatable bonds is 1. The van der Waals surface area contributed by atoms with Gasteiger partial charge in [-0.3, -0.25) is 0 Å². The molecule has 0 unspecified atom stereocenters. The first-order chi connectivity index (χ1) is 4.61. The van der Waals surface area contributed by atoms with Gasteiger partial charge in [-0.1, -0.05) is 0 Å². The van der Waals surface area contributed by atoms with Crippen molar-refractivity contribution < 1.29 is 5.11 Å². The zero-order valence-electron chi connectivity index (χ0n) is 7.46. The summed E-state index contributed by atoms with van der Waals surface area (Å²) < 4.78 is 0. The minimum absolute atomic E-state index is 0. The molecule has 1 atom stereocenters. The summed E-state index contributed by atoms with van der Waals surface area (Å²) in [6.07, 6.45) is 0. The average molecular weight is 217 g/mol. The second-order valence-electron chi connectivity index (χ2n) is 3.36. The molecular weight excluding hydrogens is 199 g/mol. The van der Waals surface area contributed by atoms with Crippen molar-refractivity contribution >= 4 is 24.8 Å². The number of hydrogen-bond donors (Lipinski definition) is 3. The van der Waals surface area contributed by atoms with Crippen LogP contribution in [0.5, 0.6) is 0 Å². The molecule has 0 aliphatic carbocycles. The number of nitrogens with one attached hydrogen (secondary N) is 2. The fourth-order valence-corrected chi connectivity index (χ4v) is 1.15. The van der Waals surface area contributed by atoms with E-state index in [-0.39, 0.29) is 30.9 Å². The molecule has 1 rings (SSSR count).